The number of pyridine rings is 1. The van der Waals surface area contributed by atoms with Crippen LogP contribution in [0, 0.1) is 0 Å². The summed E-state index contributed by atoms with van der Waals surface area (Å²) >= 11 is 0. The van der Waals surface area contributed by atoms with E-state index in [0.717, 1.165) is 6.42 Å². The summed E-state index contributed by atoms with van der Waals surface area (Å²) in [5.41, 5.74) is 8.33. The largest absolute Gasteiger partial charge is 0.328 e. The highest BCUT2D eigenvalue weighted by Gasteiger charge is 2.23. The lowest BCUT2D eigenvalue weighted by Gasteiger charge is -2.24. The van der Waals surface area contributed by atoms with E-state index in [0.29, 0.717) is 5.92 Å². The van der Waals surface area contributed by atoms with Crippen LogP contribution in [0.25, 0.3) is 5.52 Å². The minimum absolute atomic E-state index is 0.214. The molecule has 3 nitrogen and oxygen atoms in total. The highest BCUT2D eigenvalue weighted by Crippen LogP contribution is 2.35. The van der Waals surface area contributed by atoms with E-state index in [-0.39, 0.29) is 6.04 Å². The predicted molar refractivity (Wildman–Crippen MR) is 69.1 cm³/mol. The average molecular weight is 229 g/mol. The van der Waals surface area contributed by atoms with Crippen molar-refractivity contribution < 1.29 is 0 Å². The summed E-state index contributed by atoms with van der Waals surface area (Å²) in [6, 6.07) is 4.59. The zero-order valence-corrected chi connectivity index (χ0v) is 10.3. The number of hydrogen-bond donors (Lipinski definition) is 1. The van der Waals surface area contributed by atoms with Crippen molar-refractivity contribution in [2.75, 3.05) is 0 Å². The normalized spacial score (nSPS) is 18.2. The second-order valence-corrected chi connectivity index (χ2v) is 5.26. The Morgan fingerprint density at radius 3 is 3.00 bits per heavy atom. The van der Waals surface area contributed by atoms with Gasteiger partial charge in [-0.15, -0.1) is 0 Å². The Balaban J connectivity index is 1.95. The van der Waals surface area contributed by atoms with E-state index in [2.05, 4.69) is 27.7 Å². The number of hydrogen-bond acceptors (Lipinski definition) is 2. The Bertz CT molecular complexity index is 523. The van der Waals surface area contributed by atoms with Crippen LogP contribution in [-0.4, -0.2) is 15.4 Å². The van der Waals surface area contributed by atoms with Gasteiger partial charge in [-0.3, -0.25) is 0 Å². The van der Waals surface area contributed by atoms with Gasteiger partial charge in [-0.05, 0) is 43.9 Å². The first kappa shape index (κ1) is 10.8. The molecule has 1 atom stereocenters. The second-order valence-electron chi connectivity index (χ2n) is 5.26. The molecule has 1 aliphatic carbocycles. The van der Waals surface area contributed by atoms with E-state index >= 15 is 0 Å². The molecule has 1 fully saturated rings. The quantitative estimate of drug-likeness (QED) is 0.878. The van der Waals surface area contributed by atoms with Crippen molar-refractivity contribution in [2.45, 2.75) is 44.6 Å². The summed E-state index contributed by atoms with van der Waals surface area (Å²) in [5, 5.41) is 0. The summed E-state index contributed by atoms with van der Waals surface area (Å²) < 4.78 is 2.23. The number of aromatic nitrogens is 2. The molecule has 3 heteroatoms. The van der Waals surface area contributed by atoms with Crippen LogP contribution in [-0.2, 0) is 6.42 Å². The molecule has 1 unspecified atom stereocenters. The molecule has 0 aromatic carbocycles. The summed E-state index contributed by atoms with van der Waals surface area (Å²) in [7, 11) is 0. The van der Waals surface area contributed by atoms with Gasteiger partial charge in [0.25, 0.3) is 0 Å². The Morgan fingerprint density at radius 2 is 2.35 bits per heavy atom. The second kappa shape index (κ2) is 4.15. The third-order valence-electron chi connectivity index (χ3n) is 3.65. The molecule has 2 aromatic heterocycles. The van der Waals surface area contributed by atoms with Crippen LogP contribution in [0.15, 0.2) is 24.5 Å². The smallest absolute Gasteiger partial charge is 0.116 e. The topological polar surface area (TPSA) is 43.3 Å². The summed E-state index contributed by atoms with van der Waals surface area (Å²) in [6.07, 6.45) is 9.00. The molecule has 1 saturated carbocycles. The Hall–Kier alpha value is -1.35. The van der Waals surface area contributed by atoms with Crippen molar-refractivity contribution in [3.63, 3.8) is 0 Å². The van der Waals surface area contributed by atoms with Crippen molar-refractivity contribution >= 4 is 5.52 Å². The van der Waals surface area contributed by atoms with Crippen molar-refractivity contribution in [3.05, 3.63) is 35.9 Å². The van der Waals surface area contributed by atoms with Crippen molar-refractivity contribution in [2.24, 2.45) is 5.73 Å². The summed E-state index contributed by atoms with van der Waals surface area (Å²) in [5.74, 6) is 1.91. The number of imidazole rings is 1. The van der Waals surface area contributed by atoms with Gasteiger partial charge in [-0.25, -0.2) is 4.98 Å². The molecule has 17 heavy (non-hydrogen) atoms. The van der Waals surface area contributed by atoms with Gasteiger partial charge in [0.15, 0.2) is 0 Å². The number of fused-ring (bicyclic) bond motifs is 1. The number of nitrogens with two attached hydrogens (primary N) is 1. The molecule has 90 valence electrons. The van der Waals surface area contributed by atoms with E-state index < -0.39 is 0 Å². The third-order valence-corrected chi connectivity index (χ3v) is 3.65. The van der Waals surface area contributed by atoms with Crippen molar-refractivity contribution in [1.29, 1.82) is 0 Å². The maximum atomic E-state index is 5.83. The standard InChI is InChI=1S/C14H19N3/c1-10(15)7-11-5-6-17-13(8-11)9-16-14(17)12-3-2-4-12/h5-6,8-10,12H,2-4,7,15H2,1H3. The van der Waals surface area contributed by atoms with Crippen LogP contribution in [0.1, 0.15) is 43.5 Å². The first-order valence-electron chi connectivity index (χ1n) is 6.45. The molecule has 3 rings (SSSR count). The number of rotatable bonds is 3. The van der Waals surface area contributed by atoms with Gasteiger partial charge in [0, 0.05) is 18.2 Å². The maximum Gasteiger partial charge on any atom is 0.116 e. The van der Waals surface area contributed by atoms with E-state index in [1.165, 1.54) is 36.2 Å². The Morgan fingerprint density at radius 1 is 1.53 bits per heavy atom. The van der Waals surface area contributed by atoms with E-state index in [1.54, 1.807) is 0 Å². The summed E-state index contributed by atoms with van der Waals surface area (Å²) in [4.78, 5) is 4.57. The van der Waals surface area contributed by atoms with Gasteiger partial charge in [-0.1, -0.05) is 6.42 Å². The van der Waals surface area contributed by atoms with Crippen molar-refractivity contribution in [1.82, 2.24) is 9.38 Å². The third kappa shape index (κ3) is 1.95. The molecule has 0 spiro atoms. The molecule has 0 bridgehead atoms. The van der Waals surface area contributed by atoms with E-state index in [9.17, 15) is 0 Å². The molecule has 1 aliphatic rings. The van der Waals surface area contributed by atoms with E-state index in [4.69, 9.17) is 5.73 Å². The Kier molecular flexibility index (Phi) is 2.63. The van der Waals surface area contributed by atoms with Crippen LogP contribution in [0.5, 0.6) is 0 Å². The lowest BCUT2D eigenvalue weighted by Crippen LogP contribution is -2.17. The molecule has 0 radical (unpaired) electrons. The highest BCUT2D eigenvalue weighted by molar-refractivity contribution is 5.49. The van der Waals surface area contributed by atoms with Gasteiger partial charge in [0.2, 0.25) is 0 Å². The first-order valence-corrected chi connectivity index (χ1v) is 6.45. The maximum absolute atomic E-state index is 5.83. The monoisotopic (exact) mass is 229 g/mol. The van der Waals surface area contributed by atoms with Gasteiger partial charge in [0.1, 0.15) is 5.82 Å². The Labute approximate surface area is 102 Å². The minimum atomic E-state index is 0.214. The van der Waals surface area contributed by atoms with Crippen LogP contribution in [0.4, 0.5) is 0 Å². The zero-order chi connectivity index (χ0) is 11.8. The molecule has 2 heterocycles. The molecular formula is C14H19N3. The van der Waals surface area contributed by atoms with Gasteiger partial charge < -0.3 is 10.1 Å². The number of nitrogens with zero attached hydrogens (tertiary/aromatic N) is 2. The fourth-order valence-corrected chi connectivity index (χ4v) is 2.53. The fraction of sp³-hybridized carbons (Fsp3) is 0.500. The highest BCUT2D eigenvalue weighted by atomic mass is 15.0. The molecule has 0 saturated heterocycles. The van der Waals surface area contributed by atoms with Gasteiger partial charge in [-0.2, -0.15) is 0 Å². The van der Waals surface area contributed by atoms with Gasteiger partial charge in [0.05, 0.1) is 11.7 Å². The van der Waals surface area contributed by atoms with Crippen LogP contribution in [0.3, 0.4) is 0 Å². The lowest BCUT2D eigenvalue weighted by molar-refractivity contribution is 0.400. The first-order chi connectivity index (χ1) is 8.24. The average Bonchev–Trinajstić information content (AvgIpc) is 2.58. The predicted octanol–water partition coefficient (Wildman–Crippen LogP) is 2.49. The molecule has 0 amide bonds. The minimum Gasteiger partial charge on any atom is -0.328 e. The molecule has 0 aliphatic heterocycles. The SMILES string of the molecule is CC(N)Cc1ccn2c(C3CCC3)ncc2c1. The van der Waals surface area contributed by atoms with Crippen molar-refractivity contribution in [3.8, 4) is 0 Å². The molecule has 2 aromatic rings. The molecular weight excluding hydrogens is 210 g/mol. The summed E-state index contributed by atoms with van der Waals surface area (Å²) in [6.45, 7) is 2.04. The lowest BCUT2D eigenvalue weighted by atomic mass is 9.85. The fourth-order valence-electron chi connectivity index (χ4n) is 2.53. The van der Waals surface area contributed by atoms with Gasteiger partial charge >= 0.3 is 0 Å². The van der Waals surface area contributed by atoms with Crippen LogP contribution >= 0.6 is 0 Å². The van der Waals surface area contributed by atoms with E-state index in [1.807, 2.05) is 13.1 Å². The zero-order valence-electron chi connectivity index (χ0n) is 10.3. The molecule has 2 N–H and O–H groups in total. The van der Waals surface area contributed by atoms with Crippen LogP contribution < -0.4 is 5.73 Å². The van der Waals surface area contributed by atoms with Crippen LogP contribution in [0.2, 0.25) is 0 Å².